The number of ether oxygens (including phenoxy) is 1. The summed E-state index contributed by atoms with van der Waals surface area (Å²) >= 11 is 9.17. The largest absolute Gasteiger partial charge is 0.495 e. The van der Waals surface area contributed by atoms with Crippen molar-refractivity contribution in [3.63, 3.8) is 0 Å². The molecule has 0 unspecified atom stereocenters. The summed E-state index contributed by atoms with van der Waals surface area (Å²) in [5, 5.41) is 3.44. The molecule has 0 radical (unpaired) electrons. The molecule has 21 heavy (non-hydrogen) atoms. The van der Waals surface area contributed by atoms with Gasteiger partial charge in [-0.1, -0.05) is 39.7 Å². The van der Waals surface area contributed by atoms with Crippen molar-refractivity contribution in [1.29, 1.82) is 0 Å². The molecule has 2 rings (SSSR count). The van der Waals surface area contributed by atoms with Crippen LogP contribution in [0.5, 0.6) is 5.75 Å². The van der Waals surface area contributed by atoms with Crippen molar-refractivity contribution >= 4 is 45.2 Å². The molecule has 108 valence electrons. The summed E-state index contributed by atoms with van der Waals surface area (Å²) in [7, 11) is 1.56. The Balaban J connectivity index is 2.08. The molecule has 2 aromatic carbocycles. The number of anilines is 1. The minimum Gasteiger partial charge on any atom is -0.495 e. The number of amides is 1. The maximum absolute atomic E-state index is 11.9. The third-order valence-corrected chi connectivity index (χ3v) is 3.46. The average molecular weight is 367 g/mol. The lowest BCUT2D eigenvalue weighted by atomic mass is 10.2. The maximum atomic E-state index is 11.9. The average Bonchev–Trinajstić information content (AvgIpc) is 2.47. The standard InChI is InChI=1S/C16H13BrClNO2/c1-21-15-8-5-12(17)10-14(15)19-16(20)9-4-11-2-6-13(18)7-3-11/h2-10H,1H3,(H,19,20). The molecule has 0 aliphatic carbocycles. The number of methoxy groups -OCH3 is 1. The number of carbonyl (C=O) groups excluding carboxylic acids is 1. The van der Waals surface area contributed by atoms with Crippen LogP contribution in [0.3, 0.4) is 0 Å². The summed E-state index contributed by atoms with van der Waals surface area (Å²) in [4.78, 5) is 11.9. The normalized spacial score (nSPS) is 10.6. The number of benzene rings is 2. The molecule has 0 fully saturated rings. The Morgan fingerprint density at radius 1 is 1.24 bits per heavy atom. The van der Waals surface area contributed by atoms with Gasteiger partial charge in [0.15, 0.2) is 0 Å². The Hall–Kier alpha value is -1.78. The first-order valence-electron chi connectivity index (χ1n) is 6.16. The summed E-state index contributed by atoms with van der Waals surface area (Å²) in [5.41, 5.74) is 1.51. The number of nitrogens with one attached hydrogen (secondary N) is 1. The molecular weight excluding hydrogens is 354 g/mol. The van der Waals surface area contributed by atoms with E-state index in [1.165, 1.54) is 6.08 Å². The van der Waals surface area contributed by atoms with E-state index < -0.39 is 0 Å². The molecule has 0 aliphatic rings. The van der Waals surface area contributed by atoms with E-state index in [9.17, 15) is 4.79 Å². The number of rotatable bonds is 4. The smallest absolute Gasteiger partial charge is 0.248 e. The highest BCUT2D eigenvalue weighted by Crippen LogP contribution is 2.27. The minimum absolute atomic E-state index is 0.235. The molecule has 0 spiro atoms. The highest BCUT2D eigenvalue weighted by atomic mass is 79.9. The lowest BCUT2D eigenvalue weighted by Crippen LogP contribution is -2.08. The Labute approximate surface area is 136 Å². The third kappa shape index (κ3) is 4.62. The van der Waals surface area contributed by atoms with Gasteiger partial charge in [-0.2, -0.15) is 0 Å². The third-order valence-electron chi connectivity index (χ3n) is 2.72. The Morgan fingerprint density at radius 3 is 2.62 bits per heavy atom. The summed E-state index contributed by atoms with van der Waals surface area (Å²) in [6.07, 6.45) is 3.18. The molecule has 0 aromatic heterocycles. The molecule has 0 bridgehead atoms. The molecule has 1 N–H and O–H groups in total. The first-order valence-corrected chi connectivity index (χ1v) is 7.34. The zero-order chi connectivity index (χ0) is 15.2. The second kappa shape index (κ2) is 7.29. The highest BCUT2D eigenvalue weighted by molar-refractivity contribution is 9.10. The Kier molecular flexibility index (Phi) is 5.42. The van der Waals surface area contributed by atoms with Crippen molar-refractivity contribution in [2.75, 3.05) is 12.4 Å². The summed E-state index contributed by atoms with van der Waals surface area (Å²) in [5.74, 6) is 0.368. The van der Waals surface area contributed by atoms with E-state index in [0.717, 1.165) is 10.0 Å². The van der Waals surface area contributed by atoms with Crippen molar-refractivity contribution in [2.45, 2.75) is 0 Å². The number of hydrogen-bond acceptors (Lipinski definition) is 2. The molecule has 1 amide bonds. The molecule has 0 aliphatic heterocycles. The van der Waals surface area contributed by atoms with Gasteiger partial charge in [0.2, 0.25) is 5.91 Å². The van der Waals surface area contributed by atoms with Crippen LogP contribution in [-0.4, -0.2) is 13.0 Å². The maximum Gasteiger partial charge on any atom is 0.248 e. The molecule has 2 aromatic rings. The highest BCUT2D eigenvalue weighted by Gasteiger charge is 2.05. The molecule has 0 saturated carbocycles. The van der Waals surface area contributed by atoms with Crippen LogP contribution in [0, 0.1) is 0 Å². The van der Waals surface area contributed by atoms with Gasteiger partial charge in [0.25, 0.3) is 0 Å². The molecule has 0 atom stereocenters. The second-order valence-corrected chi connectivity index (χ2v) is 5.57. The van der Waals surface area contributed by atoms with Crippen LogP contribution < -0.4 is 10.1 Å². The minimum atomic E-state index is -0.235. The molecule has 3 nitrogen and oxygen atoms in total. The van der Waals surface area contributed by atoms with Crippen molar-refractivity contribution in [2.24, 2.45) is 0 Å². The number of carbonyl (C=O) groups is 1. The Bertz CT molecular complexity index is 668. The van der Waals surface area contributed by atoms with Crippen molar-refractivity contribution in [1.82, 2.24) is 0 Å². The van der Waals surface area contributed by atoms with Gasteiger partial charge in [0.05, 0.1) is 12.8 Å². The fraction of sp³-hybridized carbons (Fsp3) is 0.0625. The molecule has 0 heterocycles. The van der Waals surface area contributed by atoms with Crippen LogP contribution in [-0.2, 0) is 4.79 Å². The van der Waals surface area contributed by atoms with Crippen LogP contribution in [0.4, 0.5) is 5.69 Å². The van der Waals surface area contributed by atoms with Gasteiger partial charge in [-0.15, -0.1) is 0 Å². The lowest BCUT2D eigenvalue weighted by Gasteiger charge is -2.09. The topological polar surface area (TPSA) is 38.3 Å². The number of hydrogen-bond donors (Lipinski definition) is 1. The van der Waals surface area contributed by atoms with Crippen LogP contribution in [0.25, 0.3) is 6.08 Å². The van der Waals surface area contributed by atoms with Gasteiger partial charge in [-0.3, -0.25) is 4.79 Å². The van der Waals surface area contributed by atoms with E-state index in [0.29, 0.717) is 16.5 Å². The Morgan fingerprint density at radius 2 is 1.95 bits per heavy atom. The van der Waals surface area contributed by atoms with Crippen LogP contribution in [0.2, 0.25) is 5.02 Å². The summed E-state index contributed by atoms with van der Waals surface area (Å²) in [6, 6.07) is 12.6. The first kappa shape index (κ1) is 15.6. The van der Waals surface area contributed by atoms with Crippen molar-refractivity contribution in [3.8, 4) is 5.75 Å². The van der Waals surface area contributed by atoms with E-state index in [2.05, 4.69) is 21.2 Å². The fourth-order valence-corrected chi connectivity index (χ4v) is 2.19. The quantitative estimate of drug-likeness (QED) is 0.792. The molecular formula is C16H13BrClNO2. The van der Waals surface area contributed by atoms with Gasteiger partial charge < -0.3 is 10.1 Å². The van der Waals surface area contributed by atoms with Gasteiger partial charge in [-0.05, 0) is 42.0 Å². The monoisotopic (exact) mass is 365 g/mol. The van der Waals surface area contributed by atoms with Crippen LogP contribution >= 0.6 is 27.5 Å². The van der Waals surface area contributed by atoms with Gasteiger partial charge in [0, 0.05) is 15.6 Å². The van der Waals surface area contributed by atoms with Crippen molar-refractivity contribution < 1.29 is 9.53 Å². The zero-order valence-corrected chi connectivity index (χ0v) is 13.6. The lowest BCUT2D eigenvalue weighted by molar-refractivity contribution is -0.111. The second-order valence-electron chi connectivity index (χ2n) is 4.22. The van der Waals surface area contributed by atoms with Crippen LogP contribution in [0.15, 0.2) is 53.0 Å². The molecule has 0 saturated heterocycles. The summed E-state index contributed by atoms with van der Waals surface area (Å²) in [6.45, 7) is 0. The van der Waals surface area contributed by atoms with Gasteiger partial charge in [-0.25, -0.2) is 0 Å². The SMILES string of the molecule is COc1ccc(Br)cc1NC(=O)C=Cc1ccc(Cl)cc1. The van der Waals surface area contributed by atoms with Gasteiger partial charge >= 0.3 is 0 Å². The zero-order valence-electron chi connectivity index (χ0n) is 11.3. The van der Waals surface area contributed by atoms with E-state index in [-0.39, 0.29) is 5.91 Å². The van der Waals surface area contributed by atoms with Gasteiger partial charge in [0.1, 0.15) is 5.75 Å². The predicted molar refractivity (Wildman–Crippen MR) is 89.8 cm³/mol. The van der Waals surface area contributed by atoms with Crippen LogP contribution in [0.1, 0.15) is 5.56 Å². The van der Waals surface area contributed by atoms with E-state index >= 15 is 0 Å². The summed E-state index contributed by atoms with van der Waals surface area (Å²) < 4.78 is 6.06. The first-order chi connectivity index (χ1) is 10.1. The van der Waals surface area contributed by atoms with Crippen molar-refractivity contribution in [3.05, 3.63) is 63.6 Å². The predicted octanol–water partition coefficient (Wildman–Crippen LogP) is 4.76. The fourth-order valence-electron chi connectivity index (χ4n) is 1.70. The van der Waals surface area contributed by atoms with E-state index in [1.54, 1.807) is 37.5 Å². The number of halogens is 2. The molecule has 5 heteroatoms. The van der Waals surface area contributed by atoms with E-state index in [1.807, 2.05) is 18.2 Å². The van der Waals surface area contributed by atoms with E-state index in [4.69, 9.17) is 16.3 Å².